The van der Waals surface area contributed by atoms with Crippen LogP contribution in [-0.4, -0.2) is 46.9 Å². The quantitative estimate of drug-likeness (QED) is 0.260. The number of hydrogen-bond donors (Lipinski definition) is 3. The summed E-state index contributed by atoms with van der Waals surface area (Å²) in [5, 5.41) is 17.2. The number of carbonyl (C=O) groups excluding carboxylic acids is 2. The summed E-state index contributed by atoms with van der Waals surface area (Å²) < 4.78 is 11.2. The third-order valence-corrected chi connectivity index (χ3v) is 7.05. The molecule has 0 aliphatic carbocycles. The zero-order valence-corrected chi connectivity index (χ0v) is 23.9. The molecule has 1 heterocycles. The summed E-state index contributed by atoms with van der Waals surface area (Å²) >= 11 is 1.41. The molecule has 39 heavy (non-hydrogen) atoms. The number of aromatic nitrogens is 1. The van der Waals surface area contributed by atoms with Crippen LogP contribution in [-0.2, 0) is 22.6 Å². The number of amides is 2. The fourth-order valence-corrected chi connectivity index (χ4v) is 4.97. The van der Waals surface area contributed by atoms with E-state index in [1.165, 1.54) is 11.3 Å². The molecule has 0 bridgehead atoms. The van der Waals surface area contributed by atoms with E-state index < -0.39 is 18.2 Å². The van der Waals surface area contributed by atoms with E-state index in [9.17, 15) is 14.7 Å². The summed E-state index contributed by atoms with van der Waals surface area (Å²) in [5.74, 6) is 0.637. The SMILES string of the molecule is Cc1cccc(C)c1OCC(=O)N[C@@H](Cc1ccccc1)[C@@H](O)C[C@H](CC(C)C)NC(=O)OCc1cncs1. The van der Waals surface area contributed by atoms with Gasteiger partial charge in [0, 0.05) is 12.2 Å². The van der Waals surface area contributed by atoms with Crippen molar-refractivity contribution in [2.75, 3.05) is 6.61 Å². The van der Waals surface area contributed by atoms with Gasteiger partial charge in [-0.15, -0.1) is 11.3 Å². The van der Waals surface area contributed by atoms with Crippen LogP contribution < -0.4 is 15.4 Å². The zero-order chi connectivity index (χ0) is 28.2. The van der Waals surface area contributed by atoms with Crippen molar-refractivity contribution in [1.82, 2.24) is 15.6 Å². The van der Waals surface area contributed by atoms with Crippen molar-refractivity contribution in [3.05, 3.63) is 81.8 Å². The van der Waals surface area contributed by atoms with Crippen molar-refractivity contribution in [2.24, 2.45) is 5.92 Å². The van der Waals surface area contributed by atoms with Gasteiger partial charge in [-0.3, -0.25) is 9.78 Å². The summed E-state index contributed by atoms with van der Waals surface area (Å²) in [5.41, 5.74) is 4.57. The maximum Gasteiger partial charge on any atom is 0.407 e. The van der Waals surface area contributed by atoms with Crippen molar-refractivity contribution in [2.45, 2.75) is 71.8 Å². The number of aliphatic hydroxyl groups excluding tert-OH is 1. The molecule has 210 valence electrons. The molecule has 0 saturated heterocycles. The van der Waals surface area contributed by atoms with E-state index in [0.29, 0.717) is 18.6 Å². The van der Waals surface area contributed by atoms with Gasteiger partial charge in [-0.05, 0) is 55.7 Å². The van der Waals surface area contributed by atoms with Crippen LogP contribution in [0.1, 0.15) is 48.3 Å². The van der Waals surface area contributed by atoms with E-state index in [0.717, 1.165) is 21.6 Å². The highest BCUT2D eigenvalue weighted by molar-refractivity contribution is 7.09. The number of rotatable bonds is 14. The second-order valence-corrected chi connectivity index (χ2v) is 11.2. The number of para-hydroxylation sites is 1. The van der Waals surface area contributed by atoms with E-state index in [2.05, 4.69) is 29.5 Å². The number of aryl methyl sites for hydroxylation is 2. The lowest BCUT2D eigenvalue weighted by atomic mass is 9.93. The number of carbonyl (C=O) groups is 2. The van der Waals surface area contributed by atoms with Gasteiger partial charge in [-0.1, -0.05) is 62.4 Å². The Labute approximate surface area is 234 Å². The largest absolute Gasteiger partial charge is 0.483 e. The summed E-state index contributed by atoms with van der Waals surface area (Å²) in [6, 6.07) is 14.6. The first-order valence-electron chi connectivity index (χ1n) is 13.2. The fraction of sp³-hybridized carbons (Fsp3) is 0.433. The molecule has 0 spiro atoms. The first-order valence-corrected chi connectivity index (χ1v) is 14.1. The highest BCUT2D eigenvalue weighted by Gasteiger charge is 2.27. The summed E-state index contributed by atoms with van der Waals surface area (Å²) in [4.78, 5) is 30.3. The average molecular weight is 554 g/mol. The predicted molar refractivity (Wildman–Crippen MR) is 153 cm³/mol. The molecule has 2 aromatic carbocycles. The molecule has 3 rings (SSSR count). The minimum absolute atomic E-state index is 0.139. The van der Waals surface area contributed by atoms with Gasteiger partial charge in [0.05, 0.1) is 22.5 Å². The molecule has 0 fully saturated rings. The number of nitrogens with one attached hydrogen (secondary N) is 2. The normalized spacial score (nSPS) is 13.4. The number of nitrogens with zero attached hydrogens (tertiary/aromatic N) is 1. The van der Waals surface area contributed by atoms with Gasteiger partial charge in [0.15, 0.2) is 6.61 Å². The monoisotopic (exact) mass is 553 g/mol. The van der Waals surface area contributed by atoms with Gasteiger partial charge in [-0.25, -0.2) is 4.79 Å². The van der Waals surface area contributed by atoms with Gasteiger partial charge < -0.3 is 25.2 Å². The molecule has 2 amide bonds. The Morgan fingerprint density at radius 3 is 2.36 bits per heavy atom. The van der Waals surface area contributed by atoms with Crippen LogP contribution in [0.3, 0.4) is 0 Å². The minimum atomic E-state index is -0.917. The van der Waals surface area contributed by atoms with Crippen LogP contribution in [0.5, 0.6) is 5.75 Å². The van der Waals surface area contributed by atoms with E-state index in [4.69, 9.17) is 9.47 Å². The molecule has 3 aromatic rings. The molecule has 0 aliphatic rings. The maximum absolute atomic E-state index is 12.9. The Hall–Kier alpha value is -3.43. The Kier molecular flexibility index (Phi) is 11.8. The topological polar surface area (TPSA) is 110 Å². The molecule has 0 saturated carbocycles. The van der Waals surface area contributed by atoms with E-state index in [1.54, 1.807) is 11.7 Å². The first-order chi connectivity index (χ1) is 18.7. The Bertz CT molecular complexity index is 1150. The van der Waals surface area contributed by atoms with Crippen molar-refractivity contribution in [3.63, 3.8) is 0 Å². The summed E-state index contributed by atoms with van der Waals surface area (Å²) in [6.45, 7) is 7.95. The smallest absolute Gasteiger partial charge is 0.407 e. The van der Waals surface area contributed by atoms with Crippen LogP contribution in [0.4, 0.5) is 4.79 Å². The number of alkyl carbamates (subject to hydrolysis) is 1. The second kappa shape index (κ2) is 15.2. The van der Waals surface area contributed by atoms with Gasteiger partial charge in [-0.2, -0.15) is 0 Å². The van der Waals surface area contributed by atoms with Gasteiger partial charge in [0.25, 0.3) is 5.91 Å². The van der Waals surface area contributed by atoms with Crippen molar-refractivity contribution in [1.29, 1.82) is 0 Å². The van der Waals surface area contributed by atoms with Crippen LogP contribution in [0.25, 0.3) is 0 Å². The minimum Gasteiger partial charge on any atom is -0.483 e. The molecule has 8 nitrogen and oxygen atoms in total. The molecule has 1 aromatic heterocycles. The van der Waals surface area contributed by atoms with Gasteiger partial charge in [0.2, 0.25) is 0 Å². The third kappa shape index (κ3) is 10.3. The first kappa shape index (κ1) is 30.1. The number of aliphatic hydroxyl groups is 1. The van der Waals surface area contributed by atoms with Crippen molar-refractivity contribution < 1.29 is 24.2 Å². The summed E-state index contributed by atoms with van der Waals surface area (Å²) in [6.07, 6.45) is 1.53. The average Bonchev–Trinajstić information content (AvgIpc) is 3.41. The highest BCUT2D eigenvalue weighted by Crippen LogP contribution is 2.22. The lowest BCUT2D eigenvalue weighted by Crippen LogP contribution is -2.49. The van der Waals surface area contributed by atoms with E-state index >= 15 is 0 Å². The number of thiazole rings is 1. The van der Waals surface area contributed by atoms with Crippen molar-refractivity contribution >= 4 is 23.3 Å². The highest BCUT2D eigenvalue weighted by atomic mass is 32.1. The van der Waals surface area contributed by atoms with Gasteiger partial charge in [0.1, 0.15) is 12.4 Å². The summed E-state index contributed by atoms with van der Waals surface area (Å²) in [7, 11) is 0. The maximum atomic E-state index is 12.9. The van der Waals surface area contributed by atoms with Crippen LogP contribution in [0.15, 0.2) is 60.2 Å². The van der Waals surface area contributed by atoms with Crippen LogP contribution in [0, 0.1) is 19.8 Å². The fourth-order valence-electron chi connectivity index (χ4n) is 4.46. The Balaban J connectivity index is 1.65. The molecular weight excluding hydrogens is 514 g/mol. The lowest BCUT2D eigenvalue weighted by molar-refractivity contribution is -0.124. The molecule has 0 unspecified atom stereocenters. The molecule has 3 N–H and O–H groups in total. The molecule has 9 heteroatoms. The standard InChI is InChI=1S/C30H39N3O5S/c1-20(2)13-24(32-30(36)38-17-25-16-31-19-39-25)15-27(34)26(14-23-11-6-5-7-12-23)33-28(35)18-37-29-21(3)9-8-10-22(29)4/h5-12,16,19-20,24,26-27,34H,13-15,17-18H2,1-4H3,(H,32,36)(H,33,35)/t24-,26-,27-/m0/s1. The van der Waals surface area contributed by atoms with Crippen LogP contribution >= 0.6 is 11.3 Å². The molecule has 0 aliphatic heterocycles. The van der Waals surface area contributed by atoms with Gasteiger partial charge >= 0.3 is 6.09 Å². The third-order valence-electron chi connectivity index (χ3n) is 6.30. The number of ether oxygens (including phenoxy) is 2. The number of hydrogen-bond acceptors (Lipinski definition) is 7. The van der Waals surface area contributed by atoms with E-state index in [-0.39, 0.29) is 37.5 Å². The zero-order valence-electron chi connectivity index (χ0n) is 23.1. The number of benzene rings is 2. The van der Waals surface area contributed by atoms with E-state index in [1.807, 2.05) is 62.4 Å². The Morgan fingerprint density at radius 1 is 1.00 bits per heavy atom. The molecule has 3 atom stereocenters. The lowest BCUT2D eigenvalue weighted by Gasteiger charge is -2.29. The Morgan fingerprint density at radius 2 is 1.72 bits per heavy atom. The van der Waals surface area contributed by atoms with Crippen molar-refractivity contribution in [3.8, 4) is 5.75 Å². The molecular formula is C30H39N3O5S. The second-order valence-electron chi connectivity index (χ2n) is 10.2. The molecule has 0 radical (unpaired) electrons. The van der Waals surface area contributed by atoms with Crippen LogP contribution in [0.2, 0.25) is 0 Å². The predicted octanol–water partition coefficient (Wildman–Crippen LogP) is 4.96.